The van der Waals surface area contributed by atoms with Gasteiger partial charge in [-0.05, 0) is 30.6 Å². The number of rotatable bonds is 6. The Labute approximate surface area is 129 Å². The molecule has 0 fully saturated rings. The van der Waals surface area contributed by atoms with Gasteiger partial charge in [-0.3, -0.25) is 0 Å². The lowest BCUT2D eigenvalue weighted by molar-refractivity contribution is 0.206. The van der Waals surface area contributed by atoms with Crippen LogP contribution in [0.1, 0.15) is 53.9 Å². The first-order valence-corrected chi connectivity index (χ1v) is 8.08. The Bertz CT molecular complexity index is 358. The number of hydrogen-bond donors (Lipinski definition) is 3. The van der Waals surface area contributed by atoms with E-state index in [1.165, 1.54) is 0 Å². The van der Waals surface area contributed by atoms with Crippen LogP contribution >= 0.6 is 0 Å². The summed E-state index contributed by atoms with van der Waals surface area (Å²) in [6.45, 7) is 11.0. The normalized spacial score (nSPS) is 23.4. The van der Waals surface area contributed by atoms with E-state index in [9.17, 15) is 4.79 Å². The summed E-state index contributed by atoms with van der Waals surface area (Å²) >= 11 is 0. The van der Waals surface area contributed by atoms with Gasteiger partial charge in [-0.2, -0.15) is 0 Å². The van der Waals surface area contributed by atoms with Crippen LogP contribution < -0.4 is 10.6 Å². The molecule has 0 aromatic rings. The molecule has 1 unspecified atom stereocenters. The summed E-state index contributed by atoms with van der Waals surface area (Å²) < 4.78 is 0. The number of amides is 2. The molecular formula is C17H32N2O2. The van der Waals surface area contributed by atoms with Crippen molar-refractivity contribution in [3.63, 3.8) is 0 Å². The van der Waals surface area contributed by atoms with Gasteiger partial charge < -0.3 is 15.7 Å². The lowest BCUT2D eigenvalue weighted by Crippen LogP contribution is -2.50. The summed E-state index contributed by atoms with van der Waals surface area (Å²) in [4.78, 5) is 12.2. The molecular weight excluding hydrogens is 264 g/mol. The van der Waals surface area contributed by atoms with Crippen LogP contribution in [0, 0.1) is 17.3 Å². The van der Waals surface area contributed by atoms with Gasteiger partial charge in [-0.15, -0.1) is 0 Å². The second kappa shape index (κ2) is 7.83. The fraction of sp³-hybridized carbons (Fsp3) is 0.824. The molecule has 0 radical (unpaired) electrons. The van der Waals surface area contributed by atoms with Crippen molar-refractivity contribution in [1.82, 2.24) is 10.6 Å². The highest BCUT2D eigenvalue weighted by Gasteiger charge is 2.27. The zero-order chi connectivity index (χ0) is 16.0. The quantitative estimate of drug-likeness (QED) is 0.660. The molecule has 0 bridgehead atoms. The average Bonchev–Trinajstić information content (AvgIpc) is 2.80. The highest BCUT2D eigenvalue weighted by Crippen LogP contribution is 2.24. The molecule has 0 aliphatic heterocycles. The molecule has 1 rings (SSSR count). The maximum atomic E-state index is 12.2. The molecule has 0 heterocycles. The molecule has 0 aromatic carbocycles. The Morgan fingerprint density at radius 2 is 1.95 bits per heavy atom. The molecule has 1 aliphatic rings. The number of nitrogens with one attached hydrogen (secondary N) is 2. The fourth-order valence-electron chi connectivity index (χ4n) is 2.61. The highest BCUT2D eigenvalue weighted by molar-refractivity contribution is 5.75. The zero-order valence-electron chi connectivity index (χ0n) is 14.1. The van der Waals surface area contributed by atoms with Gasteiger partial charge in [0.2, 0.25) is 0 Å². The van der Waals surface area contributed by atoms with Crippen molar-refractivity contribution in [2.45, 2.75) is 66.0 Å². The van der Waals surface area contributed by atoms with Crippen molar-refractivity contribution in [2.75, 3.05) is 6.61 Å². The summed E-state index contributed by atoms with van der Waals surface area (Å²) in [6, 6.07) is 0.0960. The van der Waals surface area contributed by atoms with Crippen LogP contribution in [-0.4, -0.2) is 29.8 Å². The topological polar surface area (TPSA) is 61.4 Å². The Morgan fingerprint density at radius 1 is 1.29 bits per heavy atom. The van der Waals surface area contributed by atoms with Gasteiger partial charge in [0.1, 0.15) is 0 Å². The van der Waals surface area contributed by atoms with Crippen molar-refractivity contribution >= 4 is 6.03 Å². The molecule has 0 saturated carbocycles. The summed E-state index contributed by atoms with van der Waals surface area (Å²) in [6.07, 6.45) is 6.84. The second-order valence-electron chi connectivity index (χ2n) is 7.68. The summed E-state index contributed by atoms with van der Waals surface area (Å²) in [5.74, 6) is 0.817. The third-order valence-electron chi connectivity index (χ3n) is 4.11. The summed E-state index contributed by atoms with van der Waals surface area (Å²) in [5, 5.41) is 15.2. The third-order valence-corrected chi connectivity index (χ3v) is 4.11. The predicted molar refractivity (Wildman–Crippen MR) is 87.1 cm³/mol. The van der Waals surface area contributed by atoms with Crippen LogP contribution in [0.2, 0.25) is 0 Å². The van der Waals surface area contributed by atoms with Crippen LogP contribution in [0.3, 0.4) is 0 Å². The number of urea groups is 1. The molecule has 0 saturated heterocycles. The van der Waals surface area contributed by atoms with Gasteiger partial charge in [-0.1, -0.05) is 46.8 Å². The van der Waals surface area contributed by atoms with E-state index in [-0.39, 0.29) is 36.1 Å². The molecule has 1 aliphatic carbocycles. The van der Waals surface area contributed by atoms with E-state index in [2.05, 4.69) is 45.3 Å². The first-order valence-electron chi connectivity index (χ1n) is 8.08. The van der Waals surface area contributed by atoms with Crippen molar-refractivity contribution in [2.24, 2.45) is 17.3 Å². The molecule has 0 aromatic heterocycles. The van der Waals surface area contributed by atoms with Gasteiger partial charge in [0, 0.05) is 24.6 Å². The molecule has 0 spiro atoms. The second-order valence-corrected chi connectivity index (χ2v) is 7.68. The van der Waals surface area contributed by atoms with E-state index in [0.29, 0.717) is 5.92 Å². The van der Waals surface area contributed by atoms with Crippen LogP contribution in [0.25, 0.3) is 0 Å². The van der Waals surface area contributed by atoms with Crippen LogP contribution in [-0.2, 0) is 0 Å². The van der Waals surface area contributed by atoms with E-state index in [1.54, 1.807) is 0 Å². The molecule has 4 heteroatoms. The molecule has 2 amide bonds. The smallest absolute Gasteiger partial charge is 0.315 e. The number of aliphatic hydroxyl groups excluding tert-OH is 1. The predicted octanol–water partition coefficient (Wildman–Crippen LogP) is 3.07. The average molecular weight is 296 g/mol. The minimum absolute atomic E-state index is 0.0351. The Hall–Kier alpha value is -1.03. The summed E-state index contributed by atoms with van der Waals surface area (Å²) in [7, 11) is 0. The minimum Gasteiger partial charge on any atom is -0.396 e. The minimum atomic E-state index is -0.105. The number of aliphatic hydroxyl groups is 1. The maximum absolute atomic E-state index is 12.2. The van der Waals surface area contributed by atoms with Crippen molar-refractivity contribution in [3.8, 4) is 0 Å². The molecule has 21 heavy (non-hydrogen) atoms. The fourth-order valence-corrected chi connectivity index (χ4v) is 2.61. The first kappa shape index (κ1) is 18.0. The van der Waals surface area contributed by atoms with Gasteiger partial charge >= 0.3 is 6.03 Å². The largest absolute Gasteiger partial charge is 0.396 e. The van der Waals surface area contributed by atoms with Crippen LogP contribution in [0.5, 0.6) is 0 Å². The Balaban J connectivity index is 2.47. The van der Waals surface area contributed by atoms with Crippen molar-refractivity contribution < 1.29 is 9.90 Å². The molecule has 3 atom stereocenters. The standard InChI is InChI=1S/C17H32N2O2/c1-12(2)6-9-15(17(3,4)5)19-16(21)18-14-8-7-13(10-14)11-20/h7-8,12-15,20H,6,9-11H2,1-5H3,(H2,18,19,21)/t13-,14+,15?/m0/s1. The highest BCUT2D eigenvalue weighted by atomic mass is 16.3. The monoisotopic (exact) mass is 296 g/mol. The van der Waals surface area contributed by atoms with Gasteiger partial charge in [0.15, 0.2) is 0 Å². The number of hydrogen-bond acceptors (Lipinski definition) is 2. The van der Waals surface area contributed by atoms with E-state index < -0.39 is 0 Å². The van der Waals surface area contributed by atoms with E-state index in [0.717, 1.165) is 19.3 Å². The number of carbonyl (C=O) groups excluding carboxylic acids is 1. The Kier molecular flexibility index (Phi) is 6.72. The van der Waals surface area contributed by atoms with Crippen LogP contribution in [0.4, 0.5) is 4.79 Å². The van der Waals surface area contributed by atoms with E-state index in [4.69, 9.17) is 5.11 Å². The SMILES string of the molecule is CC(C)CCC(NC(=O)N[C@@H]1C=C[C@H](CO)C1)C(C)(C)C. The van der Waals surface area contributed by atoms with Gasteiger partial charge in [0.25, 0.3) is 0 Å². The van der Waals surface area contributed by atoms with E-state index >= 15 is 0 Å². The first-order chi connectivity index (χ1) is 9.72. The Morgan fingerprint density at radius 3 is 2.43 bits per heavy atom. The zero-order valence-corrected chi connectivity index (χ0v) is 14.1. The molecule has 3 N–H and O–H groups in total. The third kappa shape index (κ3) is 6.51. The molecule has 122 valence electrons. The van der Waals surface area contributed by atoms with Gasteiger partial charge in [-0.25, -0.2) is 4.79 Å². The van der Waals surface area contributed by atoms with Crippen molar-refractivity contribution in [3.05, 3.63) is 12.2 Å². The van der Waals surface area contributed by atoms with E-state index in [1.807, 2.05) is 12.2 Å². The van der Waals surface area contributed by atoms with Crippen LogP contribution in [0.15, 0.2) is 12.2 Å². The lowest BCUT2D eigenvalue weighted by atomic mass is 9.83. The number of carbonyl (C=O) groups is 1. The molecule has 4 nitrogen and oxygen atoms in total. The maximum Gasteiger partial charge on any atom is 0.315 e. The van der Waals surface area contributed by atoms with Gasteiger partial charge in [0.05, 0.1) is 0 Å². The summed E-state index contributed by atoms with van der Waals surface area (Å²) in [5.41, 5.74) is 0.0470. The lowest BCUT2D eigenvalue weighted by Gasteiger charge is -2.32. The van der Waals surface area contributed by atoms with Crippen molar-refractivity contribution in [1.29, 1.82) is 0 Å².